The zero-order chi connectivity index (χ0) is 9.97. The highest BCUT2D eigenvalue weighted by Gasteiger charge is 2.09. The number of ether oxygens (including phenoxy) is 1. The van der Waals surface area contributed by atoms with Crippen molar-refractivity contribution in [1.29, 1.82) is 0 Å². The Labute approximate surface area is 81.0 Å². The predicted octanol–water partition coefficient (Wildman–Crippen LogP) is 1.69. The normalized spacial score (nSPS) is 14.4. The van der Waals surface area contributed by atoms with Gasteiger partial charge in [0.2, 0.25) is 0 Å². The molecule has 0 unspecified atom stereocenters. The monoisotopic (exact) mass is 188 g/mol. The van der Waals surface area contributed by atoms with Crippen molar-refractivity contribution in [2.45, 2.75) is 0 Å². The minimum Gasteiger partial charge on any atom is -0.497 e. The SMILES string of the molecule is COc1ccc(C2=NC(=O)N=C2)cc1. The molecule has 0 N–H and O–H groups in total. The number of hydrogen-bond acceptors (Lipinski definition) is 2. The molecule has 1 aliphatic rings. The number of methoxy groups -OCH3 is 1. The summed E-state index contributed by atoms with van der Waals surface area (Å²) in [7, 11) is 1.60. The third-order valence-corrected chi connectivity index (χ3v) is 1.90. The highest BCUT2D eigenvalue weighted by atomic mass is 16.5. The standard InChI is InChI=1S/C10H8N2O2/c1-14-8-4-2-7(3-5-8)9-6-11-10(13)12-9/h2-6H,1H3. The maximum Gasteiger partial charge on any atom is 0.367 e. The lowest BCUT2D eigenvalue weighted by molar-refractivity contribution is 0.257. The summed E-state index contributed by atoms with van der Waals surface area (Å²) >= 11 is 0. The van der Waals surface area contributed by atoms with E-state index in [0.29, 0.717) is 5.71 Å². The van der Waals surface area contributed by atoms with Gasteiger partial charge in [-0.05, 0) is 24.3 Å². The molecule has 1 aliphatic heterocycles. The maximum absolute atomic E-state index is 10.7. The predicted molar refractivity (Wildman–Crippen MR) is 53.4 cm³/mol. The van der Waals surface area contributed by atoms with Crippen LogP contribution in [-0.2, 0) is 0 Å². The molecule has 0 spiro atoms. The van der Waals surface area contributed by atoms with E-state index in [0.717, 1.165) is 11.3 Å². The van der Waals surface area contributed by atoms with Gasteiger partial charge in [-0.3, -0.25) is 0 Å². The lowest BCUT2D eigenvalue weighted by Gasteiger charge is -2.00. The molecular formula is C10H8N2O2. The topological polar surface area (TPSA) is 51.0 Å². The van der Waals surface area contributed by atoms with Crippen molar-refractivity contribution in [3.8, 4) is 5.75 Å². The summed E-state index contributed by atoms with van der Waals surface area (Å²) in [6.07, 6.45) is 1.46. The van der Waals surface area contributed by atoms with Gasteiger partial charge in [0, 0.05) is 5.56 Å². The van der Waals surface area contributed by atoms with Crippen LogP contribution in [-0.4, -0.2) is 25.1 Å². The number of nitrogens with zero attached hydrogens (tertiary/aromatic N) is 2. The molecule has 0 atom stereocenters. The zero-order valence-electron chi connectivity index (χ0n) is 7.60. The molecule has 1 heterocycles. The Morgan fingerprint density at radius 1 is 1.21 bits per heavy atom. The van der Waals surface area contributed by atoms with E-state index in [-0.39, 0.29) is 0 Å². The van der Waals surface area contributed by atoms with E-state index in [4.69, 9.17) is 4.74 Å². The van der Waals surface area contributed by atoms with Crippen molar-refractivity contribution in [2.75, 3.05) is 7.11 Å². The molecule has 4 heteroatoms. The third kappa shape index (κ3) is 1.54. The number of carbonyl (C=O) groups excluding carboxylic acids is 1. The summed E-state index contributed by atoms with van der Waals surface area (Å²) in [4.78, 5) is 18.0. The number of aliphatic imine (C=N–C) groups is 2. The lowest BCUT2D eigenvalue weighted by Crippen LogP contribution is -1.98. The third-order valence-electron chi connectivity index (χ3n) is 1.90. The van der Waals surface area contributed by atoms with Crippen LogP contribution in [0.15, 0.2) is 34.3 Å². The molecular weight excluding hydrogens is 180 g/mol. The summed E-state index contributed by atoms with van der Waals surface area (Å²) in [6, 6.07) is 6.85. The van der Waals surface area contributed by atoms with Gasteiger partial charge in [-0.15, -0.1) is 0 Å². The first-order valence-electron chi connectivity index (χ1n) is 4.11. The Kier molecular flexibility index (Phi) is 2.10. The fourth-order valence-electron chi connectivity index (χ4n) is 1.18. The molecule has 70 valence electrons. The van der Waals surface area contributed by atoms with E-state index < -0.39 is 6.03 Å². The second kappa shape index (κ2) is 3.41. The van der Waals surface area contributed by atoms with Crippen molar-refractivity contribution in [2.24, 2.45) is 9.98 Å². The molecule has 2 amide bonds. The Bertz CT molecular complexity index is 418. The largest absolute Gasteiger partial charge is 0.497 e. The van der Waals surface area contributed by atoms with Crippen LogP contribution in [0.25, 0.3) is 0 Å². The number of rotatable bonds is 2. The first-order valence-corrected chi connectivity index (χ1v) is 4.11. The van der Waals surface area contributed by atoms with Crippen LogP contribution in [0.2, 0.25) is 0 Å². The van der Waals surface area contributed by atoms with Gasteiger partial charge in [0.1, 0.15) is 5.75 Å². The van der Waals surface area contributed by atoms with Gasteiger partial charge < -0.3 is 4.74 Å². The van der Waals surface area contributed by atoms with Crippen molar-refractivity contribution < 1.29 is 9.53 Å². The first kappa shape index (κ1) is 8.62. The quantitative estimate of drug-likeness (QED) is 0.709. The van der Waals surface area contributed by atoms with Crippen molar-refractivity contribution in [3.63, 3.8) is 0 Å². The van der Waals surface area contributed by atoms with Gasteiger partial charge in [-0.25, -0.2) is 4.79 Å². The molecule has 14 heavy (non-hydrogen) atoms. The van der Waals surface area contributed by atoms with Crippen LogP contribution in [0.5, 0.6) is 5.75 Å². The van der Waals surface area contributed by atoms with E-state index >= 15 is 0 Å². The number of carbonyl (C=O) groups is 1. The van der Waals surface area contributed by atoms with Crippen LogP contribution >= 0.6 is 0 Å². The Morgan fingerprint density at radius 2 is 1.93 bits per heavy atom. The maximum atomic E-state index is 10.7. The highest BCUT2D eigenvalue weighted by molar-refractivity contribution is 6.43. The van der Waals surface area contributed by atoms with Crippen molar-refractivity contribution in [3.05, 3.63) is 29.8 Å². The van der Waals surface area contributed by atoms with Crippen LogP contribution in [0.4, 0.5) is 4.79 Å². The minimum absolute atomic E-state index is 0.448. The average Bonchev–Trinajstić information content (AvgIpc) is 2.65. The number of hydrogen-bond donors (Lipinski definition) is 0. The van der Waals surface area contributed by atoms with Crippen molar-refractivity contribution in [1.82, 2.24) is 0 Å². The van der Waals surface area contributed by atoms with E-state index in [1.165, 1.54) is 6.21 Å². The van der Waals surface area contributed by atoms with Gasteiger partial charge in [0.15, 0.2) is 0 Å². The van der Waals surface area contributed by atoms with E-state index in [2.05, 4.69) is 9.98 Å². The van der Waals surface area contributed by atoms with Crippen molar-refractivity contribution >= 4 is 18.0 Å². The van der Waals surface area contributed by atoms with Gasteiger partial charge in [-0.2, -0.15) is 9.98 Å². The van der Waals surface area contributed by atoms with Gasteiger partial charge in [0.05, 0.1) is 19.0 Å². The van der Waals surface area contributed by atoms with Gasteiger partial charge in [0.25, 0.3) is 0 Å². The fourth-order valence-corrected chi connectivity index (χ4v) is 1.18. The van der Waals surface area contributed by atoms with E-state index in [1.54, 1.807) is 7.11 Å². The molecule has 0 aliphatic carbocycles. The molecule has 0 radical (unpaired) electrons. The van der Waals surface area contributed by atoms with E-state index in [9.17, 15) is 4.79 Å². The smallest absolute Gasteiger partial charge is 0.367 e. The molecule has 0 aromatic heterocycles. The summed E-state index contributed by atoms with van der Waals surface area (Å²) in [5, 5.41) is 0. The second-order valence-corrected chi connectivity index (χ2v) is 2.77. The fraction of sp³-hybridized carbons (Fsp3) is 0.100. The Hall–Kier alpha value is -1.97. The molecule has 1 aromatic rings. The van der Waals surface area contributed by atoms with E-state index in [1.807, 2.05) is 24.3 Å². The molecule has 0 saturated carbocycles. The van der Waals surface area contributed by atoms with Gasteiger partial charge in [-0.1, -0.05) is 0 Å². The van der Waals surface area contributed by atoms with Crippen LogP contribution in [0.1, 0.15) is 5.56 Å². The zero-order valence-corrected chi connectivity index (χ0v) is 7.60. The molecule has 1 aromatic carbocycles. The Balaban J connectivity index is 2.30. The Morgan fingerprint density at radius 3 is 2.43 bits per heavy atom. The van der Waals surface area contributed by atoms with Crippen LogP contribution in [0.3, 0.4) is 0 Å². The minimum atomic E-state index is -0.448. The second-order valence-electron chi connectivity index (χ2n) is 2.77. The first-order chi connectivity index (χ1) is 6.79. The molecule has 4 nitrogen and oxygen atoms in total. The average molecular weight is 188 g/mol. The van der Waals surface area contributed by atoms with Crippen LogP contribution in [0, 0.1) is 0 Å². The summed E-state index contributed by atoms with van der Waals surface area (Å²) in [6.45, 7) is 0. The van der Waals surface area contributed by atoms with Crippen LogP contribution < -0.4 is 4.74 Å². The lowest BCUT2D eigenvalue weighted by atomic mass is 10.1. The molecule has 2 rings (SSSR count). The summed E-state index contributed by atoms with van der Waals surface area (Å²) < 4.78 is 5.01. The highest BCUT2D eigenvalue weighted by Crippen LogP contribution is 2.12. The summed E-state index contributed by atoms with van der Waals surface area (Å²) in [5.74, 6) is 0.774. The number of urea groups is 1. The molecule has 0 bridgehead atoms. The number of benzene rings is 1. The summed E-state index contributed by atoms with van der Waals surface area (Å²) in [5.41, 5.74) is 1.46. The molecule has 0 saturated heterocycles. The number of amides is 2. The molecule has 0 fully saturated rings. The van der Waals surface area contributed by atoms with Gasteiger partial charge >= 0.3 is 6.03 Å².